The number of hydrogen-bond acceptors (Lipinski definition) is 3. The van der Waals surface area contributed by atoms with Crippen LogP contribution >= 0.6 is 11.8 Å². The van der Waals surface area contributed by atoms with Crippen LogP contribution in [0.3, 0.4) is 0 Å². The van der Waals surface area contributed by atoms with Crippen molar-refractivity contribution in [3.05, 3.63) is 101 Å². The van der Waals surface area contributed by atoms with Gasteiger partial charge in [0, 0.05) is 22.8 Å². The van der Waals surface area contributed by atoms with Gasteiger partial charge in [0.25, 0.3) is 5.91 Å². The van der Waals surface area contributed by atoms with Crippen molar-refractivity contribution in [3.8, 4) is 6.07 Å². The predicted octanol–water partition coefficient (Wildman–Crippen LogP) is 4.92. The van der Waals surface area contributed by atoms with Crippen LogP contribution in [0.15, 0.2) is 77.7 Å². The molecule has 0 radical (unpaired) electrons. The molecule has 0 bridgehead atoms. The number of nitrogens with zero attached hydrogens (tertiary/aromatic N) is 1. The number of thioether (sulfide) groups is 1. The standard InChI is InChI=1S/C22H17FN2OS/c23-20-7-3-1-5-18(20)14-25-22(26)19-6-2-4-8-21(19)27-15-17-11-9-16(13-24)10-12-17/h1-12H,14-15H2,(H,25,26). The number of rotatable bonds is 6. The lowest BCUT2D eigenvalue weighted by atomic mass is 10.2. The van der Waals surface area contributed by atoms with E-state index in [0.29, 0.717) is 22.4 Å². The minimum absolute atomic E-state index is 0.139. The average molecular weight is 376 g/mol. The van der Waals surface area contributed by atoms with E-state index in [1.165, 1.54) is 6.07 Å². The summed E-state index contributed by atoms with van der Waals surface area (Å²) in [5, 5.41) is 11.6. The molecule has 27 heavy (non-hydrogen) atoms. The van der Waals surface area contributed by atoms with Crippen LogP contribution in [-0.4, -0.2) is 5.91 Å². The molecule has 0 saturated heterocycles. The monoisotopic (exact) mass is 376 g/mol. The van der Waals surface area contributed by atoms with Crippen LogP contribution in [0.25, 0.3) is 0 Å². The highest BCUT2D eigenvalue weighted by atomic mass is 32.2. The maximum Gasteiger partial charge on any atom is 0.252 e. The molecule has 3 nitrogen and oxygen atoms in total. The second-order valence-corrected chi connectivity index (χ2v) is 6.88. The lowest BCUT2D eigenvalue weighted by Gasteiger charge is -2.10. The number of nitrogens with one attached hydrogen (secondary N) is 1. The zero-order chi connectivity index (χ0) is 19.1. The molecule has 3 aromatic carbocycles. The lowest BCUT2D eigenvalue weighted by molar-refractivity contribution is 0.0947. The van der Waals surface area contributed by atoms with Crippen molar-refractivity contribution in [1.29, 1.82) is 5.26 Å². The van der Waals surface area contributed by atoms with Crippen molar-refractivity contribution >= 4 is 17.7 Å². The molecule has 0 aromatic heterocycles. The van der Waals surface area contributed by atoms with Gasteiger partial charge in [-0.3, -0.25) is 4.79 Å². The minimum atomic E-state index is -0.332. The fraction of sp³-hybridized carbons (Fsp3) is 0.0909. The highest BCUT2D eigenvalue weighted by molar-refractivity contribution is 7.98. The van der Waals surface area contributed by atoms with Gasteiger partial charge < -0.3 is 5.32 Å². The van der Waals surface area contributed by atoms with Crippen molar-refractivity contribution < 1.29 is 9.18 Å². The van der Waals surface area contributed by atoms with Gasteiger partial charge in [-0.05, 0) is 35.9 Å². The summed E-state index contributed by atoms with van der Waals surface area (Å²) >= 11 is 1.55. The third kappa shape index (κ3) is 4.96. The van der Waals surface area contributed by atoms with Crippen molar-refractivity contribution in [1.82, 2.24) is 5.32 Å². The first-order valence-electron chi connectivity index (χ1n) is 8.40. The Morgan fingerprint density at radius 3 is 2.44 bits per heavy atom. The highest BCUT2D eigenvalue weighted by Crippen LogP contribution is 2.26. The summed E-state index contributed by atoms with van der Waals surface area (Å²) in [6, 6.07) is 23.2. The zero-order valence-corrected chi connectivity index (χ0v) is 15.3. The molecule has 134 valence electrons. The van der Waals surface area contributed by atoms with Gasteiger partial charge in [-0.25, -0.2) is 4.39 Å². The maximum atomic E-state index is 13.7. The molecule has 0 fully saturated rings. The maximum absolute atomic E-state index is 13.7. The number of amides is 1. The van der Waals surface area contributed by atoms with Crippen molar-refractivity contribution in [2.45, 2.75) is 17.2 Å². The highest BCUT2D eigenvalue weighted by Gasteiger charge is 2.12. The molecule has 3 rings (SSSR count). The van der Waals surface area contributed by atoms with E-state index in [9.17, 15) is 9.18 Å². The van der Waals surface area contributed by atoms with E-state index in [1.807, 2.05) is 30.3 Å². The van der Waals surface area contributed by atoms with E-state index < -0.39 is 0 Å². The second-order valence-electron chi connectivity index (χ2n) is 5.87. The fourth-order valence-electron chi connectivity index (χ4n) is 2.53. The number of hydrogen-bond donors (Lipinski definition) is 1. The van der Waals surface area contributed by atoms with Crippen molar-refractivity contribution in [2.75, 3.05) is 0 Å². The summed E-state index contributed by atoms with van der Waals surface area (Å²) < 4.78 is 13.7. The molecule has 0 aliphatic carbocycles. The Labute approximate surface area is 161 Å². The smallest absolute Gasteiger partial charge is 0.252 e. The van der Waals surface area contributed by atoms with E-state index in [-0.39, 0.29) is 18.3 Å². The minimum Gasteiger partial charge on any atom is -0.348 e. The quantitative estimate of drug-likeness (QED) is 0.621. The van der Waals surface area contributed by atoms with Crippen LogP contribution in [0, 0.1) is 17.1 Å². The number of benzene rings is 3. The molecule has 5 heteroatoms. The molecular weight excluding hydrogens is 359 g/mol. The topological polar surface area (TPSA) is 52.9 Å². The predicted molar refractivity (Wildman–Crippen MR) is 105 cm³/mol. The summed E-state index contributed by atoms with van der Waals surface area (Å²) in [6.45, 7) is 0.139. The summed E-state index contributed by atoms with van der Waals surface area (Å²) in [6.07, 6.45) is 0. The Morgan fingerprint density at radius 1 is 1.00 bits per heavy atom. The molecule has 0 aliphatic rings. The summed E-state index contributed by atoms with van der Waals surface area (Å²) in [5.41, 5.74) is 2.71. The van der Waals surface area contributed by atoms with Gasteiger partial charge in [-0.2, -0.15) is 5.26 Å². The molecule has 0 atom stereocenters. The van der Waals surface area contributed by atoms with E-state index in [4.69, 9.17) is 5.26 Å². The lowest BCUT2D eigenvalue weighted by Crippen LogP contribution is -2.23. The molecular formula is C22H17FN2OS. The number of carbonyl (C=O) groups is 1. The Kier molecular flexibility index (Phi) is 6.24. The van der Waals surface area contributed by atoms with Gasteiger partial charge in [0.05, 0.1) is 17.2 Å². The van der Waals surface area contributed by atoms with E-state index in [0.717, 1.165) is 10.5 Å². The van der Waals surface area contributed by atoms with Crippen LogP contribution in [0.2, 0.25) is 0 Å². The molecule has 0 spiro atoms. The Bertz CT molecular complexity index is 980. The fourth-order valence-corrected chi connectivity index (χ4v) is 3.53. The first kappa shape index (κ1) is 18.7. The largest absolute Gasteiger partial charge is 0.348 e. The molecule has 1 amide bonds. The van der Waals surface area contributed by atoms with Gasteiger partial charge in [-0.1, -0.05) is 42.5 Å². The average Bonchev–Trinajstić information content (AvgIpc) is 2.72. The third-order valence-electron chi connectivity index (χ3n) is 4.01. The van der Waals surface area contributed by atoms with E-state index >= 15 is 0 Å². The molecule has 0 unspecified atom stereocenters. The SMILES string of the molecule is N#Cc1ccc(CSc2ccccc2C(=O)NCc2ccccc2F)cc1. The summed E-state index contributed by atoms with van der Waals surface area (Å²) in [5.74, 6) is 0.117. The summed E-state index contributed by atoms with van der Waals surface area (Å²) in [7, 11) is 0. The van der Waals surface area contributed by atoms with Crippen molar-refractivity contribution in [3.63, 3.8) is 0 Å². The van der Waals surface area contributed by atoms with Gasteiger partial charge in [0.1, 0.15) is 5.82 Å². The Morgan fingerprint density at radius 2 is 1.70 bits per heavy atom. The van der Waals surface area contributed by atoms with Crippen LogP contribution < -0.4 is 5.32 Å². The molecule has 0 saturated carbocycles. The number of halogens is 1. The van der Waals surface area contributed by atoms with Gasteiger partial charge in [-0.15, -0.1) is 11.8 Å². The molecule has 0 aliphatic heterocycles. The second kappa shape index (κ2) is 9.02. The van der Waals surface area contributed by atoms with Crippen LogP contribution in [-0.2, 0) is 12.3 Å². The van der Waals surface area contributed by atoms with Gasteiger partial charge in [0.2, 0.25) is 0 Å². The summed E-state index contributed by atoms with van der Waals surface area (Å²) in [4.78, 5) is 13.4. The molecule has 0 heterocycles. The first-order chi connectivity index (χ1) is 13.2. The van der Waals surface area contributed by atoms with E-state index in [2.05, 4.69) is 11.4 Å². The normalized spacial score (nSPS) is 10.2. The van der Waals surface area contributed by atoms with Crippen LogP contribution in [0.4, 0.5) is 4.39 Å². The van der Waals surface area contributed by atoms with Crippen LogP contribution in [0.1, 0.15) is 27.0 Å². The van der Waals surface area contributed by atoms with Crippen LogP contribution in [0.5, 0.6) is 0 Å². The van der Waals surface area contributed by atoms with Crippen molar-refractivity contribution in [2.24, 2.45) is 0 Å². The van der Waals surface area contributed by atoms with E-state index in [1.54, 1.807) is 48.2 Å². The Balaban J connectivity index is 1.66. The number of carbonyl (C=O) groups excluding carboxylic acids is 1. The number of nitriles is 1. The van der Waals surface area contributed by atoms with Gasteiger partial charge in [0.15, 0.2) is 0 Å². The zero-order valence-electron chi connectivity index (χ0n) is 14.5. The molecule has 3 aromatic rings. The molecule has 1 N–H and O–H groups in total. The Hall–Kier alpha value is -3.10. The third-order valence-corrected chi connectivity index (χ3v) is 5.15. The first-order valence-corrected chi connectivity index (χ1v) is 9.38. The van der Waals surface area contributed by atoms with Gasteiger partial charge >= 0.3 is 0 Å².